The van der Waals surface area contributed by atoms with Crippen molar-refractivity contribution >= 4 is 23.5 Å². The summed E-state index contributed by atoms with van der Waals surface area (Å²) in [6.45, 7) is 10.9. The van der Waals surface area contributed by atoms with E-state index in [-0.39, 0.29) is 5.97 Å². The number of fused-ring (bicyclic) bond motifs is 1. The van der Waals surface area contributed by atoms with Crippen LogP contribution in [-0.2, 0) is 35.5 Å². The second kappa shape index (κ2) is 14.4. The van der Waals surface area contributed by atoms with Crippen LogP contribution < -0.4 is 9.47 Å². The van der Waals surface area contributed by atoms with E-state index in [2.05, 4.69) is 34.4 Å². The van der Waals surface area contributed by atoms with E-state index in [1.807, 2.05) is 45.0 Å². The van der Waals surface area contributed by atoms with Crippen LogP contribution in [0.25, 0.3) is 5.57 Å². The SMILES string of the molecule is C/C=C(\C)c1nc(CCOc2ccc(CCC(=O)OC)c3c2CN(Sc2ccc(OCCCC)cc2)C3)c(C)o1. The number of methoxy groups -OCH3 is 1. The van der Waals surface area contributed by atoms with Gasteiger partial charge >= 0.3 is 5.97 Å². The normalized spacial score (nSPS) is 13.4. The Bertz CT molecular complexity index is 1320. The van der Waals surface area contributed by atoms with Crippen LogP contribution in [0.4, 0.5) is 0 Å². The number of oxazole rings is 1. The van der Waals surface area contributed by atoms with Crippen molar-refractivity contribution in [2.45, 2.75) is 77.8 Å². The fourth-order valence-electron chi connectivity index (χ4n) is 4.56. The molecule has 7 nitrogen and oxygen atoms in total. The summed E-state index contributed by atoms with van der Waals surface area (Å²) in [5, 5.41) is 0. The molecule has 0 fully saturated rings. The maximum atomic E-state index is 11.8. The summed E-state index contributed by atoms with van der Waals surface area (Å²) in [6, 6.07) is 12.4. The fraction of sp³-hybridized carbons (Fsp3) is 0.438. The molecule has 2 aromatic carbocycles. The van der Waals surface area contributed by atoms with E-state index in [1.165, 1.54) is 18.2 Å². The lowest BCUT2D eigenvalue weighted by molar-refractivity contribution is -0.140. The lowest BCUT2D eigenvalue weighted by atomic mass is 9.99. The Balaban J connectivity index is 1.44. The zero-order chi connectivity index (χ0) is 28.5. The number of carbonyl (C=O) groups excluding carboxylic acids is 1. The predicted molar refractivity (Wildman–Crippen MR) is 158 cm³/mol. The Hall–Kier alpha value is -3.23. The van der Waals surface area contributed by atoms with Crippen molar-refractivity contribution in [2.75, 3.05) is 20.3 Å². The maximum Gasteiger partial charge on any atom is 0.305 e. The summed E-state index contributed by atoms with van der Waals surface area (Å²) in [7, 11) is 1.43. The highest BCUT2D eigenvalue weighted by Gasteiger charge is 2.26. The van der Waals surface area contributed by atoms with Crippen LogP contribution in [0.2, 0.25) is 0 Å². The molecule has 0 atom stereocenters. The third kappa shape index (κ3) is 7.70. The minimum absolute atomic E-state index is 0.199. The number of rotatable bonds is 14. The highest BCUT2D eigenvalue weighted by molar-refractivity contribution is 7.97. The van der Waals surface area contributed by atoms with Gasteiger partial charge in [-0.1, -0.05) is 25.5 Å². The number of carbonyl (C=O) groups is 1. The van der Waals surface area contributed by atoms with Crippen LogP contribution in [0.5, 0.6) is 11.5 Å². The van der Waals surface area contributed by atoms with Crippen molar-refractivity contribution in [3.63, 3.8) is 0 Å². The van der Waals surface area contributed by atoms with Crippen molar-refractivity contribution in [1.82, 2.24) is 9.29 Å². The van der Waals surface area contributed by atoms with E-state index in [0.29, 0.717) is 31.8 Å². The van der Waals surface area contributed by atoms with Crippen molar-refractivity contribution in [1.29, 1.82) is 0 Å². The summed E-state index contributed by atoms with van der Waals surface area (Å²) in [5.74, 6) is 3.07. The molecule has 0 saturated carbocycles. The quantitative estimate of drug-likeness (QED) is 0.114. The summed E-state index contributed by atoms with van der Waals surface area (Å²) in [5.41, 5.74) is 5.51. The molecule has 214 valence electrons. The number of unbranched alkanes of at least 4 members (excludes halogenated alkanes) is 1. The van der Waals surface area contributed by atoms with Gasteiger partial charge in [0.1, 0.15) is 17.3 Å². The van der Waals surface area contributed by atoms with Crippen LogP contribution in [0.3, 0.4) is 0 Å². The van der Waals surface area contributed by atoms with Gasteiger partial charge in [0.2, 0.25) is 5.89 Å². The number of aryl methyl sites for hydroxylation is 2. The second-order valence-corrected chi connectivity index (χ2v) is 11.1. The van der Waals surface area contributed by atoms with E-state index in [1.54, 1.807) is 11.9 Å². The Morgan fingerprint density at radius 1 is 1.07 bits per heavy atom. The molecule has 0 amide bonds. The first kappa shape index (κ1) is 29.7. The molecular formula is C32H40N2O5S. The molecule has 0 aliphatic carbocycles. The number of allylic oxidation sites excluding steroid dienone is 2. The van der Waals surface area contributed by atoms with Gasteiger partial charge in [-0.2, -0.15) is 0 Å². The van der Waals surface area contributed by atoms with E-state index in [4.69, 9.17) is 18.6 Å². The average Bonchev–Trinajstić information content (AvgIpc) is 3.56. The Labute approximate surface area is 242 Å². The van der Waals surface area contributed by atoms with E-state index in [9.17, 15) is 4.79 Å². The number of aromatic nitrogens is 1. The number of hydrogen-bond donors (Lipinski definition) is 0. The van der Waals surface area contributed by atoms with Crippen molar-refractivity contribution in [3.05, 3.63) is 76.5 Å². The first-order valence-electron chi connectivity index (χ1n) is 14.0. The summed E-state index contributed by atoms with van der Waals surface area (Å²) >= 11 is 1.72. The third-order valence-electron chi connectivity index (χ3n) is 7.06. The predicted octanol–water partition coefficient (Wildman–Crippen LogP) is 7.34. The summed E-state index contributed by atoms with van der Waals surface area (Å²) < 4.78 is 25.2. The highest BCUT2D eigenvalue weighted by atomic mass is 32.2. The van der Waals surface area contributed by atoms with E-state index < -0.39 is 0 Å². The molecule has 0 N–H and O–H groups in total. The van der Waals surface area contributed by atoms with Gasteiger partial charge in [-0.15, -0.1) is 0 Å². The van der Waals surface area contributed by atoms with Gasteiger partial charge in [-0.25, -0.2) is 9.29 Å². The second-order valence-electron chi connectivity index (χ2n) is 9.91. The summed E-state index contributed by atoms with van der Waals surface area (Å²) in [4.78, 5) is 17.7. The van der Waals surface area contributed by atoms with Gasteiger partial charge in [0, 0.05) is 42.0 Å². The van der Waals surface area contributed by atoms with Gasteiger partial charge in [0.05, 0.1) is 26.0 Å². The standard InChI is InChI=1S/C32H40N2O5S/c1-6-8-18-37-25-11-13-26(14-12-25)40-34-20-27-24(10-16-31(35)36-5)9-15-30(28(27)21-34)38-19-17-29-23(4)39-32(33-29)22(3)7-2/h7,9,11-15H,6,8,10,16-21H2,1-5H3/b22-7+. The minimum Gasteiger partial charge on any atom is -0.494 e. The Morgan fingerprint density at radius 2 is 1.85 bits per heavy atom. The molecule has 0 saturated heterocycles. The van der Waals surface area contributed by atoms with Crippen LogP contribution in [0.15, 0.2) is 51.8 Å². The van der Waals surface area contributed by atoms with Crippen LogP contribution in [0.1, 0.15) is 74.1 Å². The molecule has 1 aliphatic heterocycles. The molecule has 1 aromatic heterocycles. The number of ether oxygens (including phenoxy) is 3. The molecule has 40 heavy (non-hydrogen) atoms. The zero-order valence-corrected chi connectivity index (χ0v) is 25.1. The molecule has 4 rings (SSSR count). The smallest absolute Gasteiger partial charge is 0.305 e. The first-order chi connectivity index (χ1) is 19.4. The van der Waals surface area contributed by atoms with Gasteiger partial charge in [0.15, 0.2) is 0 Å². The number of esters is 1. The monoisotopic (exact) mass is 564 g/mol. The van der Waals surface area contributed by atoms with Crippen molar-refractivity contribution in [2.24, 2.45) is 0 Å². The molecular weight excluding hydrogens is 524 g/mol. The highest BCUT2D eigenvalue weighted by Crippen LogP contribution is 2.39. The minimum atomic E-state index is -0.199. The number of nitrogens with zero attached hydrogens (tertiary/aromatic N) is 2. The number of benzene rings is 2. The van der Waals surface area contributed by atoms with Gasteiger partial charge < -0.3 is 18.6 Å². The van der Waals surface area contributed by atoms with E-state index in [0.717, 1.165) is 71.5 Å². The largest absolute Gasteiger partial charge is 0.494 e. The summed E-state index contributed by atoms with van der Waals surface area (Å²) in [6.07, 6.45) is 5.83. The van der Waals surface area contributed by atoms with E-state index >= 15 is 0 Å². The Kier molecular flexibility index (Phi) is 10.7. The fourth-order valence-corrected chi connectivity index (χ4v) is 5.50. The van der Waals surface area contributed by atoms with Crippen molar-refractivity contribution in [3.8, 4) is 11.5 Å². The molecule has 3 aromatic rings. The molecule has 1 aliphatic rings. The molecule has 8 heteroatoms. The van der Waals surface area contributed by atoms with Gasteiger partial charge in [-0.05, 0) is 87.0 Å². The van der Waals surface area contributed by atoms with Crippen LogP contribution in [-0.4, -0.2) is 35.6 Å². The lowest BCUT2D eigenvalue weighted by Crippen LogP contribution is -2.07. The third-order valence-corrected chi connectivity index (χ3v) is 8.06. The zero-order valence-electron chi connectivity index (χ0n) is 24.2. The van der Waals surface area contributed by atoms with Crippen LogP contribution in [0, 0.1) is 6.92 Å². The topological polar surface area (TPSA) is 74.0 Å². The van der Waals surface area contributed by atoms with Crippen molar-refractivity contribution < 1.29 is 23.4 Å². The lowest BCUT2D eigenvalue weighted by Gasteiger charge is -2.14. The average molecular weight is 565 g/mol. The molecule has 2 heterocycles. The maximum absolute atomic E-state index is 11.8. The van der Waals surface area contributed by atoms with Gasteiger partial charge in [-0.3, -0.25) is 4.79 Å². The molecule has 0 unspecified atom stereocenters. The van der Waals surface area contributed by atoms with Gasteiger partial charge in [0.25, 0.3) is 0 Å². The first-order valence-corrected chi connectivity index (χ1v) is 14.8. The molecule has 0 spiro atoms. The van der Waals surface area contributed by atoms with Crippen LogP contribution >= 0.6 is 11.9 Å². The molecule has 0 radical (unpaired) electrons. The number of hydrogen-bond acceptors (Lipinski definition) is 8. The Morgan fingerprint density at radius 3 is 2.58 bits per heavy atom. The molecule has 0 bridgehead atoms.